The molecule has 1 aliphatic heterocycles. The van der Waals surface area contributed by atoms with Gasteiger partial charge in [0.15, 0.2) is 0 Å². The van der Waals surface area contributed by atoms with E-state index in [4.69, 9.17) is 0 Å². The third-order valence-corrected chi connectivity index (χ3v) is 4.14. The molecule has 0 amide bonds. The van der Waals surface area contributed by atoms with Gasteiger partial charge < -0.3 is 5.32 Å². The molecular weight excluding hydrogens is 289 g/mol. The van der Waals surface area contributed by atoms with Crippen LogP contribution in [0.5, 0.6) is 0 Å². The number of fused-ring (bicyclic) bond motifs is 1. The first-order valence-electron chi connectivity index (χ1n) is 7.78. The van der Waals surface area contributed by atoms with Crippen molar-refractivity contribution in [3.63, 3.8) is 0 Å². The number of aliphatic imine (C=N–C) groups is 1. The van der Waals surface area contributed by atoms with Gasteiger partial charge in [0.25, 0.3) is 0 Å². The lowest BCUT2D eigenvalue weighted by Crippen LogP contribution is -2.20. The summed E-state index contributed by atoms with van der Waals surface area (Å²) in [5.74, 6) is -0.218. The Labute approximate surface area is 135 Å². The molecule has 2 heterocycles. The predicted molar refractivity (Wildman–Crippen MR) is 94.2 cm³/mol. The van der Waals surface area contributed by atoms with Crippen LogP contribution in [0.2, 0.25) is 0 Å². The van der Waals surface area contributed by atoms with Gasteiger partial charge in [-0.3, -0.25) is 9.98 Å². The Morgan fingerprint density at radius 3 is 2.87 bits per heavy atom. The lowest BCUT2D eigenvalue weighted by molar-refractivity contribution is 0.636. The Morgan fingerprint density at radius 2 is 2.09 bits per heavy atom. The molecule has 0 saturated heterocycles. The molecular formula is C19H20FN3. The van der Waals surface area contributed by atoms with Crippen LogP contribution in [0.15, 0.2) is 46.7 Å². The Morgan fingerprint density at radius 1 is 1.26 bits per heavy atom. The van der Waals surface area contributed by atoms with Gasteiger partial charge in [0.2, 0.25) is 0 Å². The Kier molecular flexibility index (Phi) is 4.24. The van der Waals surface area contributed by atoms with Gasteiger partial charge in [-0.2, -0.15) is 0 Å². The predicted octanol–water partition coefficient (Wildman–Crippen LogP) is 4.03. The van der Waals surface area contributed by atoms with E-state index in [0.29, 0.717) is 17.5 Å². The second-order valence-electron chi connectivity index (χ2n) is 5.68. The largest absolute Gasteiger partial charge is 0.383 e. The van der Waals surface area contributed by atoms with E-state index in [1.165, 1.54) is 0 Å². The normalized spacial score (nSPS) is 21.8. The first-order valence-corrected chi connectivity index (χ1v) is 7.78. The number of aromatic nitrogens is 1. The van der Waals surface area contributed by atoms with E-state index in [1.54, 1.807) is 18.5 Å². The Balaban J connectivity index is 2.25. The van der Waals surface area contributed by atoms with E-state index >= 15 is 4.39 Å². The van der Waals surface area contributed by atoms with Crippen LogP contribution in [-0.4, -0.2) is 24.3 Å². The standard InChI is InChI=1S/C19H20FN3/c1-4-18-13(3)17(11-21-7-8-22-18)15-6-5-14-10-23-12(2)9-16(14)19(15)20/h4-6,9-11,22H,7-8H2,1-3H3/b17-13+,18-4-,21-11+. The monoisotopic (exact) mass is 309 g/mol. The molecule has 2 aromatic rings. The minimum atomic E-state index is -0.218. The van der Waals surface area contributed by atoms with E-state index in [-0.39, 0.29) is 5.82 Å². The lowest BCUT2D eigenvalue weighted by Gasteiger charge is -2.17. The van der Waals surface area contributed by atoms with Gasteiger partial charge >= 0.3 is 0 Å². The molecule has 0 fully saturated rings. The van der Waals surface area contributed by atoms with Crippen LogP contribution < -0.4 is 5.32 Å². The van der Waals surface area contributed by atoms with Gasteiger partial charge in [-0.05, 0) is 32.4 Å². The van der Waals surface area contributed by atoms with Crippen molar-refractivity contribution in [2.24, 2.45) is 4.99 Å². The molecule has 1 aliphatic rings. The molecule has 0 unspecified atom stereocenters. The van der Waals surface area contributed by atoms with Crippen molar-refractivity contribution in [2.75, 3.05) is 13.1 Å². The van der Waals surface area contributed by atoms with Gasteiger partial charge in [-0.25, -0.2) is 4.39 Å². The fourth-order valence-corrected chi connectivity index (χ4v) is 2.87. The SMILES string of the molecule is C/C=C1NCC/N=C/C(c2ccc3cnc(C)cc3c2F)=C\1C. The minimum Gasteiger partial charge on any atom is -0.383 e. The summed E-state index contributed by atoms with van der Waals surface area (Å²) in [6, 6.07) is 5.52. The van der Waals surface area contributed by atoms with Crippen LogP contribution in [0.1, 0.15) is 25.1 Å². The van der Waals surface area contributed by atoms with Gasteiger partial charge in [-0.1, -0.05) is 18.2 Å². The van der Waals surface area contributed by atoms with E-state index in [0.717, 1.165) is 34.5 Å². The van der Waals surface area contributed by atoms with Crippen LogP contribution >= 0.6 is 0 Å². The molecule has 0 radical (unpaired) electrons. The zero-order chi connectivity index (χ0) is 16.4. The van der Waals surface area contributed by atoms with Crippen molar-refractivity contribution >= 4 is 22.6 Å². The number of nitrogens with zero attached hydrogens (tertiary/aromatic N) is 2. The van der Waals surface area contributed by atoms with Crippen LogP contribution in [0.4, 0.5) is 4.39 Å². The number of benzene rings is 1. The lowest BCUT2D eigenvalue weighted by atomic mass is 9.96. The highest BCUT2D eigenvalue weighted by atomic mass is 19.1. The fourth-order valence-electron chi connectivity index (χ4n) is 2.87. The number of pyridine rings is 1. The number of hydrogen-bond donors (Lipinski definition) is 1. The second kappa shape index (κ2) is 6.32. The molecule has 1 aromatic heterocycles. The summed E-state index contributed by atoms with van der Waals surface area (Å²) in [7, 11) is 0. The van der Waals surface area contributed by atoms with Crippen molar-refractivity contribution in [1.82, 2.24) is 10.3 Å². The minimum absolute atomic E-state index is 0.218. The highest BCUT2D eigenvalue weighted by molar-refractivity contribution is 6.13. The zero-order valence-corrected chi connectivity index (χ0v) is 13.7. The Bertz CT molecular complexity index is 847. The topological polar surface area (TPSA) is 37.3 Å². The maximum absolute atomic E-state index is 15.1. The van der Waals surface area contributed by atoms with Crippen LogP contribution in [0, 0.1) is 12.7 Å². The fraction of sp³-hybridized carbons (Fsp3) is 0.263. The molecule has 1 aromatic carbocycles. The number of allylic oxidation sites excluding steroid dienone is 3. The van der Waals surface area contributed by atoms with Crippen molar-refractivity contribution < 1.29 is 4.39 Å². The van der Waals surface area contributed by atoms with Crippen LogP contribution in [0.25, 0.3) is 16.3 Å². The molecule has 0 bridgehead atoms. The molecule has 4 heteroatoms. The summed E-state index contributed by atoms with van der Waals surface area (Å²) >= 11 is 0. The number of hydrogen-bond acceptors (Lipinski definition) is 3. The quantitative estimate of drug-likeness (QED) is 0.863. The van der Waals surface area contributed by atoms with Crippen molar-refractivity contribution in [3.8, 4) is 0 Å². The summed E-state index contributed by atoms with van der Waals surface area (Å²) in [4.78, 5) is 8.63. The van der Waals surface area contributed by atoms with Gasteiger partial charge in [0.1, 0.15) is 5.82 Å². The molecule has 0 saturated carbocycles. The molecule has 118 valence electrons. The summed E-state index contributed by atoms with van der Waals surface area (Å²) in [6.07, 6.45) is 5.52. The number of nitrogens with one attached hydrogen (secondary N) is 1. The van der Waals surface area contributed by atoms with Crippen LogP contribution in [-0.2, 0) is 0 Å². The van der Waals surface area contributed by atoms with E-state index in [9.17, 15) is 0 Å². The Hall–Kier alpha value is -2.49. The summed E-state index contributed by atoms with van der Waals surface area (Å²) in [5.41, 5.74) is 4.23. The van der Waals surface area contributed by atoms with Crippen LogP contribution in [0.3, 0.4) is 0 Å². The maximum atomic E-state index is 15.1. The first kappa shape index (κ1) is 15.4. The summed E-state index contributed by atoms with van der Waals surface area (Å²) in [6.45, 7) is 7.30. The average Bonchev–Trinajstić information content (AvgIpc) is 2.54. The number of aryl methyl sites for hydroxylation is 1. The molecule has 23 heavy (non-hydrogen) atoms. The maximum Gasteiger partial charge on any atom is 0.139 e. The highest BCUT2D eigenvalue weighted by Gasteiger charge is 2.15. The van der Waals surface area contributed by atoms with Gasteiger partial charge in [0.05, 0.1) is 6.54 Å². The molecule has 1 N–H and O–H groups in total. The summed E-state index contributed by atoms with van der Waals surface area (Å²) in [5, 5.41) is 4.75. The molecule has 0 aliphatic carbocycles. The van der Waals surface area contributed by atoms with E-state index in [2.05, 4.69) is 15.3 Å². The number of rotatable bonds is 1. The third-order valence-electron chi connectivity index (χ3n) is 4.14. The van der Waals surface area contributed by atoms with Gasteiger partial charge in [-0.15, -0.1) is 0 Å². The van der Waals surface area contributed by atoms with Gasteiger partial charge in [0, 0.05) is 52.3 Å². The van der Waals surface area contributed by atoms with Crippen molar-refractivity contribution in [2.45, 2.75) is 20.8 Å². The zero-order valence-electron chi connectivity index (χ0n) is 13.7. The molecule has 3 rings (SSSR count). The third kappa shape index (κ3) is 2.89. The smallest absolute Gasteiger partial charge is 0.139 e. The average molecular weight is 309 g/mol. The summed E-state index contributed by atoms with van der Waals surface area (Å²) < 4.78 is 15.1. The van der Waals surface area contributed by atoms with Crippen molar-refractivity contribution in [1.29, 1.82) is 0 Å². The molecule has 0 spiro atoms. The van der Waals surface area contributed by atoms with Crippen molar-refractivity contribution in [3.05, 3.63) is 58.8 Å². The number of halogens is 1. The second-order valence-corrected chi connectivity index (χ2v) is 5.68. The van der Waals surface area contributed by atoms with E-state index < -0.39 is 0 Å². The molecule has 0 atom stereocenters. The first-order chi connectivity index (χ1) is 11.1. The molecule has 3 nitrogen and oxygen atoms in total. The highest BCUT2D eigenvalue weighted by Crippen LogP contribution is 2.29. The van der Waals surface area contributed by atoms with E-state index in [1.807, 2.05) is 39.0 Å².